The highest BCUT2D eigenvalue weighted by Crippen LogP contribution is 2.31. The van der Waals surface area contributed by atoms with Gasteiger partial charge < -0.3 is 25.5 Å². The van der Waals surface area contributed by atoms with Crippen LogP contribution < -0.4 is 20.5 Å². The number of anilines is 1. The van der Waals surface area contributed by atoms with Gasteiger partial charge in [0.1, 0.15) is 18.1 Å². The third-order valence-electron chi connectivity index (χ3n) is 8.02. The number of fused-ring (bicyclic) bond motifs is 3. The monoisotopic (exact) mass is 559 g/mol. The summed E-state index contributed by atoms with van der Waals surface area (Å²) < 4.78 is 12.1. The first kappa shape index (κ1) is 27.6. The van der Waals surface area contributed by atoms with Crippen molar-refractivity contribution in [3.05, 3.63) is 125 Å². The standard InChI is InChI=1S/C36H37N3O3/c37-31-21-27(15-18-36(31)42-24-25-9-3-1-4-10-25)35(40)23-38-32(26-11-5-2-6-12-26)19-20-41-28-16-17-30-29-13-7-8-14-33(29)39-34(30)22-28/h1-6,9-12,15-18,21-22,32,38-39H,7-8,13-14,19-20,23-24,37H2. The van der Waals surface area contributed by atoms with Gasteiger partial charge in [-0.25, -0.2) is 0 Å². The van der Waals surface area contributed by atoms with Crippen LogP contribution in [-0.2, 0) is 19.4 Å². The van der Waals surface area contributed by atoms with Crippen molar-refractivity contribution in [1.29, 1.82) is 0 Å². The zero-order valence-electron chi connectivity index (χ0n) is 23.8. The van der Waals surface area contributed by atoms with E-state index in [0.717, 1.165) is 35.2 Å². The second-order valence-electron chi connectivity index (χ2n) is 10.9. The topological polar surface area (TPSA) is 89.4 Å². The van der Waals surface area contributed by atoms with Crippen LogP contribution in [0.2, 0.25) is 0 Å². The first-order valence-electron chi connectivity index (χ1n) is 14.8. The molecule has 4 N–H and O–H groups in total. The number of Topliss-reactive ketones (excluding diaryl/α,β-unsaturated/α-hetero) is 1. The van der Waals surface area contributed by atoms with Crippen LogP contribution in [0.25, 0.3) is 10.9 Å². The fourth-order valence-corrected chi connectivity index (χ4v) is 5.76. The molecule has 1 aromatic heterocycles. The molecule has 214 valence electrons. The van der Waals surface area contributed by atoms with Crippen molar-refractivity contribution in [2.24, 2.45) is 0 Å². The van der Waals surface area contributed by atoms with Crippen LogP contribution in [-0.4, -0.2) is 23.9 Å². The number of ketones is 1. The number of hydrogen-bond acceptors (Lipinski definition) is 5. The highest BCUT2D eigenvalue weighted by Gasteiger charge is 2.17. The average Bonchev–Trinajstić information content (AvgIpc) is 3.40. The quantitative estimate of drug-likeness (QED) is 0.111. The van der Waals surface area contributed by atoms with E-state index in [1.54, 1.807) is 18.2 Å². The van der Waals surface area contributed by atoms with Gasteiger partial charge in [0.05, 0.1) is 18.8 Å². The summed E-state index contributed by atoms with van der Waals surface area (Å²) >= 11 is 0. The van der Waals surface area contributed by atoms with E-state index in [-0.39, 0.29) is 18.4 Å². The highest BCUT2D eigenvalue weighted by atomic mass is 16.5. The van der Waals surface area contributed by atoms with E-state index in [9.17, 15) is 4.79 Å². The van der Waals surface area contributed by atoms with Crippen LogP contribution in [0.3, 0.4) is 0 Å². The number of nitrogens with two attached hydrogens (primary N) is 1. The summed E-state index contributed by atoms with van der Waals surface area (Å²) in [4.78, 5) is 16.7. The Balaban J connectivity index is 1.06. The average molecular weight is 560 g/mol. The molecule has 1 heterocycles. The number of ether oxygens (including phenoxy) is 2. The Hall–Kier alpha value is -4.55. The first-order valence-corrected chi connectivity index (χ1v) is 14.8. The van der Waals surface area contributed by atoms with E-state index in [1.165, 1.54) is 29.5 Å². The molecule has 6 heteroatoms. The fourth-order valence-electron chi connectivity index (χ4n) is 5.76. The molecule has 42 heavy (non-hydrogen) atoms. The van der Waals surface area contributed by atoms with Gasteiger partial charge in [0, 0.05) is 40.7 Å². The van der Waals surface area contributed by atoms with E-state index in [0.29, 0.717) is 36.6 Å². The van der Waals surface area contributed by atoms with Crippen molar-refractivity contribution < 1.29 is 14.3 Å². The number of hydrogen-bond donors (Lipinski definition) is 3. The Morgan fingerprint density at radius 1 is 0.881 bits per heavy atom. The number of carbonyl (C=O) groups is 1. The molecule has 0 radical (unpaired) electrons. The Morgan fingerprint density at radius 3 is 2.48 bits per heavy atom. The Kier molecular flexibility index (Phi) is 8.52. The highest BCUT2D eigenvalue weighted by molar-refractivity contribution is 5.98. The van der Waals surface area contributed by atoms with Crippen molar-refractivity contribution in [2.45, 2.75) is 44.8 Å². The maximum absolute atomic E-state index is 13.1. The summed E-state index contributed by atoms with van der Waals surface area (Å²) in [5.41, 5.74) is 13.4. The molecule has 1 aliphatic rings. The number of aromatic nitrogens is 1. The SMILES string of the molecule is Nc1cc(C(=O)CNC(CCOc2ccc3c4c([nH]c3c2)CCCC4)c2ccccc2)ccc1OCc1ccccc1. The maximum Gasteiger partial charge on any atom is 0.176 e. The van der Waals surface area contributed by atoms with Gasteiger partial charge in [-0.3, -0.25) is 4.79 Å². The Bertz CT molecular complexity index is 1650. The van der Waals surface area contributed by atoms with Gasteiger partial charge in [0.25, 0.3) is 0 Å². The minimum atomic E-state index is -0.0393. The molecule has 1 aliphatic carbocycles. The number of nitrogens with one attached hydrogen (secondary N) is 2. The lowest BCUT2D eigenvalue weighted by Gasteiger charge is -2.19. The Morgan fingerprint density at radius 2 is 1.67 bits per heavy atom. The summed E-state index contributed by atoms with van der Waals surface area (Å²) in [6.07, 6.45) is 5.50. The molecule has 0 saturated heterocycles. The predicted molar refractivity (Wildman–Crippen MR) is 168 cm³/mol. The first-order chi connectivity index (χ1) is 20.6. The number of H-pyrrole nitrogens is 1. The van der Waals surface area contributed by atoms with Crippen LogP contribution in [0.15, 0.2) is 97.1 Å². The maximum atomic E-state index is 13.1. The molecular weight excluding hydrogens is 522 g/mol. The van der Waals surface area contributed by atoms with Gasteiger partial charge in [-0.05, 0) is 72.7 Å². The zero-order valence-corrected chi connectivity index (χ0v) is 23.8. The molecule has 0 spiro atoms. The molecule has 6 nitrogen and oxygen atoms in total. The number of aryl methyl sites for hydroxylation is 2. The molecule has 0 saturated carbocycles. The molecule has 5 aromatic rings. The van der Waals surface area contributed by atoms with Gasteiger partial charge in [-0.2, -0.15) is 0 Å². The largest absolute Gasteiger partial charge is 0.493 e. The van der Waals surface area contributed by atoms with E-state index >= 15 is 0 Å². The molecule has 0 bridgehead atoms. The lowest BCUT2D eigenvalue weighted by Crippen LogP contribution is -2.29. The number of nitrogen functional groups attached to an aromatic ring is 1. The molecule has 4 aromatic carbocycles. The van der Waals surface area contributed by atoms with Crippen molar-refractivity contribution in [2.75, 3.05) is 18.9 Å². The lowest BCUT2D eigenvalue weighted by atomic mass is 9.96. The smallest absolute Gasteiger partial charge is 0.176 e. The normalized spacial score (nSPS) is 13.4. The summed E-state index contributed by atoms with van der Waals surface area (Å²) in [7, 11) is 0. The second-order valence-corrected chi connectivity index (χ2v) is 10.9. The zero-order chi connectivity index (χ0) is 28.7. The van der Waals surface area contributed by atoms with Crippen LogP contribution in [0.4, 0.5) is 5.69 Å². The molecule has 1 unspecified atom stereocenters. The molecule has 1 atom stereocenters. The third kappa shape index (κ3) is 6.50. The van der Waals surface area contributed by atoms with Gasteiger partial charge in [-0.15, -0.1) is 0 Å². The number of aromatic amines is 1. The van der Waals surface area contributed by atoms with E-state index < -0.39 is 0 Å². The molecule has 0 amide bonds. The van der Waals surface area contributed by atoms with Crippen molar-refractivity contribution in [3.63, 3.8) is 0 Å². The van der Waals surface area contributed by atoms with Crippen LogP contribution in [0.5, 0.6) is 11.5 Å². The fraction of sp³-hybridized carbons (Fsp3) is 0.250. The summed E-state index contributed by atoms with van der Waals surface area (Å²) in [6, 6.07) is 31.7. The van der Waals surface area contributed by atoms with Gasteiger partial charge >= 0.3 is 0 Å². The van der Waals surface area contributed by atoms with E-state index in [2.05, 4.69) is 40.6 Å². The summed E-state index contributed by atoms with van der Waals surface area (Å²) in [6.45, 7) is 1.12. The van der Waals surface area contributed by atoms with Crippen molar-refractivity contribution in [1.82, 2.24) is 10.3 Å². The van der Waals surface area contributed by atoms with Crippen molar-refractivity contribution >= 4 is 22.4 Å². The predicted octanol–water partition coefficient (Wildman–Crippen LogP) is 7.19. The molecule has 0 aliphatic heterocycles. The molecule has 6 rings (SSSR count). The number of benzene rings is 4. The minimum Gasteiger partial charge on any atom is -0.493 e. The summed E-state index contributed by atoms with van der Waals surface area (Å²) in [5, 5.41) is 4.77. The van der Waals surface area contributed by atoms with E-state index in [1.807, 2.05) is 48.5 Å². The van der Waals surface area contributed by atoms with Crippen molar-refractivity contribution in [3.8, 4) is 11.5 Å². The van der Waals surface area contributed by atoms with Gasteiger partial charge in [0.2, 0.25) is 0 Å². The number of carbonyl (C=O) groups excluding carboxylic acids is 1. The van der Waals surface area contributed by atoms with Gasteiger partial charge in [-0.1, -0.05) is 60.7 Å². The summed E-state index contributed by atoms with van der Waals surface area (Å²) in [5.74, 6) is 1.40. The second kappa shape index (κ2) is 13.0. The molecule has 0 fully saturated rings. The third-order valence-corrected chi connectivity index (χ3v) is 8.02. The lowest BCUT2D eigenvalue weighted by molar-refractivity contribution is 0.0985. The van der Waals surface area contributed by atoms with E-state index in [4.69, 9.17) is 15.2 Å². The van der Waals surface area contributed by atoms with Gasteiger partial charge in [0.15, 0.2) is 5.78 Å². The molecular formula is C36H37N3O3. The Labute approximate surface area is 246 Å². The minimum absolute atomic E-state index is 0.0284. The van der Waals surface area contributed by atoms with Crippen LogP contribution in [0.1, 0.15) is 58.0 Å². The van der Waals surface area contributed by atoms with Crippen LogP contribution >= 0.6 is 0 Å². The number of rotatable bonds is 12. The van der Waals surface area contributed by atoms with Crippen LogP contribution in [0, 0.1) is 0 Å².